The Morgan fingerprint density at radius 2 is 1.07 bits per heavy atom. The molecule has 0 fully saturated rings. The molecule has 10 aromatic rings. The van der Waals surface area contributed by atoms with Crippen molar-refractivity contribution < 1.29 is 0 Å². The van der Waals surface area contributed by atoms with Gasteiger partial charge in [0.1, 0.15) is 0 Å². The van der Waals surface area contributed by atoms with Gasteiger partial charge in [0, 0.05) is 42.4 Å². The Labute approximate surface area is 325 Å². The molecule has 9 aromatic carbocycles. The Hall–Kier alpha value is -6.48. The molecule has 0 bridgehead atoms. The number of thiophene rings is 1. The van der Waals surface area contributed by atoms with Gasteiger partial charge in [-0.25, -0.2) is 0 Å². The Morgan fingerprint density at radius 1 is 0.418 bits per heavy atom. The second-order valence-electron chi connectivity index (χ2n) is 15.3. The molecule has 0 saturated heterocycles. The average molecular weight is 720 g/mol. The van der Waals surface area contributed by atoms with Crippen LogP contribution in [0.1, 0.15) is 25.0 Å². The van der Waals surface area contributed by atoms with E-state index in [0.29, 0.717) is 0 Å². The summed E-state index contributed by atoms with van der Waals surface area (Å²) in [5, 5.41) is 7.78. The fourth-order valence-electron chi connectivity index (χ4n) is 9.22. The molecular weight excluding hydrogens is 683 g/mol. The quantitative estimate of drug-likeness (QED) is 0.171. The summed E-state index contributed by atoms with van der Waals surface area (Å²) in [5.41, 5.74) is 13.6. The number of anilines is 3. The normalized spacial score (nSPS) is 13.1. The van der Waals surface area contributed by atoms with E-state index in [9.17, 15) is 0 Å². The molecule has 0 spiro atoms. The largest absolute Gasteiger partial charge is 0.309 e. The molecule has 1 nitrogen and oxygen atoms in total. The highest BCUT2D eigenvalue weighted by Gasteiger charge is 2.38. The Morgan fingerprint density at radius 3 is 1.96 bits per heavy atom. The summed E-state index contributed by atoms with van der Waals surface area (Å²) in [5.74, 6) is 0. The fourth-order valence-corrected chi connectivity index (χ4v) is 10.3. The van der Waals surface area contributed by atoms with Crippen molar-refractivity contribution >= 4 is 70.1 Å². The van der Waals surface area contributed by atoms with Crippen LogP contribution in [0.2, 0.25) is 0 Å². The van der Waals surface area contributed by atoms with Crippen LogP contribution in [0.5, 0.6) is 0 Å². The van der Waals surface area contributed by atoms with Crippen LogP contribution < -0.4 is 4.90 Å². The smallest absolute Gasteiger partial charge is 0.0543 e. The van der Waals surface area contributed by atoms with E-state index in [0.717, 1.165) is 11.4 Å². The molecule has 1 aliphatic carbocycles. The van der Waals surface area contributed by atoms with Gasteiger partial charge in [0.25, 0.3) is 0 Å². The lowest BCUT2D eigenvalue weighted by atomic mass is 9.82. The molecule has 1 heterocycles. The average Bonchev–Trinajstić information content (AvgIpc) is 3.74. The second kappa shape index (κ2) is 12.3. The van der Waals surface area contributed by atoms with Crippen molar-refractivity contribution in [2.24, 2.45) is 0 Å². The minimum absolute atomic E-state index is 0.108. The van der Waals surface area contributed by atoms with Gasteiger partial charge < -0.3 is 4.90 Å². The van der Waals surface area contributed by atoms with Crippen molar-refractivity contribution in [3.05, 3.63) is 199 Å². The van der Waals surface area contributed by atoms with E-state index in [1.165, 1.54) is 91.9 Å². The molecule has 0 atom stereocenters. The van der Waals surface area contributed by atoms with Crippen LogP contribution in [0, 0.1) is 0 Å². The summed E-state index contributed by atoms with van der Waals surface area (Å²) in [6, 6.07) is 69.6. The first-order valence-corrected chi connectivity index (χ1v) is 19.9. The maximum absolute atomic E-state index is 2.50. The van der Waals surface area contributed by atoms with E-state index in [1.54, 1.807) is 0 Å². The molecule has 0 amide bonds. The van der Waals surface area contributed by atoms with Crippen LogP contribution in [0.4, 0.5) is 17.1 Å². The number of hydrogen-bond acceptors (Lipinski definition) is 2. The van der Waals surface area contributed by atoms with E-state index in [-0.39, 0.29) is 5.41 Å². The van der Waals surface area contributed by atoms with Gasteiger partial charge in [-0.05, 0) is 97.4 Å². The summed E-state index contributed by atoms with van der Waals surface area (Å²) >= 11 is 1.88. The maximum atomic E-state index is 2.50. The number of rotatable bonds is 5. The van der Waals surface area contributed by atoms with E-state index >= 15 is 0 Å². The van der Waals surface area contributed by atoms with Crippen molar-refractivity contribution in [2.75, 3.05) is 4.90 Å². The zero-order valence-corrected chi connectivity index (χ0v) is 31.6. The third-order valence-electron chi connectivity index (χ3n) is 11.9. The molecule has 0 unspecified atom stereocenters. The molecule has 1 aromatic heterocycles. The maximum Gasteiger partial charge on any atom is 0.0543 e. The first kappa shape index (κ1) is 32.0. The highest BCUT2D eigenvalue weighted by molar-refractivity contribution is 7.26. The van der Waals surface area contributed by atoms with Crippen molar-refractivity contribution in [3.8, 4) is 33.4 Å². The zero-order valence-electron chi connectivity index (χ0n) is 30.8. The summed E-state index contributed by atoms with van der Waals surface area (Å²) in [7, 11) is 0. The third kappa shape index (κ3) is 4.92. The first-order valence-electron chi connectivity index (χ1n) is 19.1. The highest BCUT2D eigenvalue weighted by Crippen LogP contribution is 2.55. The molecule has 260 valence electrons. The van der Waals surface area contributed by atoms with Gasteiger partial charge in [0.15, 0.2) is 0 Å². The number of benzene rings is 9. The molecular formula is C53H37NS. The molecule has 2 heteroatoms. The molecule has 0 N–H and O–H groups in total. The Kier molecular flexibility index (Phi) is 7.14. The van der Waals surface area contributed by atoms with E-state index in [2.05, 4.69) is 207 Å². The van der Waals surface area contributed by atoms with Gasteiger partial charge in [0.2, 0.25) is 0 Å². The monoisotopic (exact) mass is 719 g/mol. The van der Waals surface area contributed by atoms with Gasteiger partial charge in [-0.15, -0.1) is 11.3 Å². The molecule has 11 rings (SSSR count). The summed E-state index contributed by atoms with van der Waals surface area (Å²) < 4.78 is 2.68. The number of para-hydroxylation sites is 1. The van der Waals surface area contributed by atoms with Crippen molar-refractivity contribution in [1.29, 1.82) is 0 Å². The van der Waals surface area contributed by atoms with Gasteiger partial charge in [-0.1, -0.05) is 159 Å². The van der Waals surface area contributed by atoms with Crippen molar-refractivity contribution in [3.63, 3.8) is 0 Å². The Balaban J connectivity index is 1.09. The predicted molar refractivity (Wildman–Crippen MR) is 237 cm³/mol. The highest BCUT2D eigenvalue weighted by atomic mass is 32.1. The molecule has 0 saturated carbocycles. The summed E-state index contributed by atoms with van der Waals surface area (Å²) in [6.45, 7) is 4.72. The predicted octanol–water partition coefficient (Wildman–Crippen LogP) is 15.5. The van der Waals surface area contributed by atoms with Gasteiger partial charge in [-0.2, -0.15) is 0 Å². The number of hydrogen-bond donors (Lipinski definition) is 0. The molecule has 1 aliphatic rings. The van der Waals surface area contributed by atoms with E-state index < -0.39 is 0 Å². The van der Waals surface area contributed by atoms with Crippen LogP contribution in [0.3, 0.4) is 0 Å². The minimum atomic E-state index is -0.108. The number of fused-ring (bicyclic) bond motifs is 9. The van der Waals surface area contributed by atoms with Crippen molar-refractivity contribution in [1.82, 2.24) is 0 Å². The zero-order chi connectivity index (χ0) is 36.7. The van der Waals surface area contributed by atoms with Crippen molar-refractivity contribution in [2.45, 2.75) is 19.3 Å². The van der Waals surface area contributed by atoms with Crippen LogP contribution in [0.15, 0.2) is 188 Å². The van der Waals surface area contributed by atoms with Crippen LogP contribution in [-0.2, 0) is 5.41 Å². The van der Waals surface area contributed by atoms with Gasteiger partial charge in [0.05, 0.1) is 11.4 Å². The van der Waals surface area contributed by atoms with E-state index in [4.69, 9.17) is 0 Å². The van der Waals surface area contributed by atoms with E-state index in [1.807, 2.05) is 11.3 Å². The van der Waals surface area contributed by atoms with Gasteiger partial charge in [-0.3, -0.25) is 0 Å². The lowest BCUT2D eigenvalue weighted by molar-refractivity contribution is 0.660. The topological polar surface area (TPSA) is 3.24 Å². The van der Waals surface area contributed by atoms with Crippen LogP contribution in [-0.4, -0.2) is 0 Å². The summed E-state index contributed by atoms with van der Waals surface area (Å²) in [6.07, 6.45) is 0. The molecule has 55 heavy (non-hydrogen) atoms. The molecule has 0 radical (unpaired) electrons. The third-order valence-corrected chi connectivity index (χ3v) is 13.0. The van der Waals surface area contributed by atoms with Crippen LogP contribution in [0.25, 0.3) is 75.1 Å². The molecule has 0 aliphatic heterocycles. The lowest BCUT2D eigenvalue weighted by Gasteiger charge is -2.31. The first-order chi connectivity index (χ1) is 27.0. The Bertz CT molecular complexity index is 3120. The SMILES string of the molecule is CC1(C)c2ccccc2-c2c(N(c3ccc(-c4ccc5c(ccc6sc7ccccc7c65)c4)cc3)c3ccccc3-c3cccc4ccccc34)cccc21. The number of nitrogens with zero attached hydrogens (tertiary/aromatic N) is 1. The van der Waals surface area contributed by atoms with Crippen LogP contribution >= 0.6 is 11.3 Å². The lowest BCUT2D eigenvalue weighted by Crippen LogP contribution is -2.16. The standard InChI is InChI=1S/C53H37NS/c1-53(2)45-20-8-5-17-43(45)52-46(53)21-12-23-48(52)54(47-22-9-6-16-42(47)41-19-11-14-35-13-3-4-15-39(35)41)38-29-25-34(26-30-38)36-27-31-40-37(33-36)28-32-50-51(40)44-18-7-10-24-49(44)55-50/h3-33H,1-2H3. The second-order valence-corrected chi connectivity index (χ2v) is 16.4. The summed E-state index contributed by atoms with van der Waals surface area (Å²) in [4.78, 5) is 2.50. The van der Waals surface area contributed by atoms with Gasteiger partial charge >= 0.3 is 0 Å². The minimum Gasteiger partial charge on any atom is -0.309 e. The fraction of sp³-hybridized carbons (Fsp3) is 0.0566.